The number of anilines is 1. The van der Waals surface area contributed by atoms with Crippen LogP contribution in [-0.4, -0.2) is 18.6 Å². The number of ether oxygens (including phenoxy) is 1. The molecule has 4 heteroatoms. The Balaban J connectivity index is 2.14. The summed E-state index contributed by atoms with van der Waals surface area (Å²) in [6, 6.07) is 12.1. The van der Waals surface area contributed by atoms with E-state index in [0.29, 0.717) is 0 Å². The summed E-state index contributed by atoms with van der Waals surface area (Å²) in [5, 5.41) is 3.21. The van der Waals surface area contributed by atoms with Crippen molar-refractivity contribution < 1.29 is 4.74 Å². The molecule has 0 aliphatic carbocycles. The average Bonchev–Trinajstić information content (AvgIpc) is 2.40. The quantitative estimate of drug-likeness (QED) is 0.889. The molecule has 2 aromatic rings. The number of nitrogens with one attached hydrogen (secondary N) is 1. The molecule has 0 amide bonds. The molecule has 1 heterocycles. The zero-order valence-electron chi connectivity index (χ0n) is 10.5. The summed E-state index contributed by atoms with van der Waals surface area (Å²) in [7, 11) is 1.68. The maximum Gasteiger partial charge on any atom is 0.126 e. The van der Waals surface area contributed by atoms with Crippen LogP contribution in [-0.2, 0) is 0 Å². The smallest absolute Gasteiger partial charge is 0.126 e. The van der Waals surface area contributed by atoms with Crippen molar-refractivity contribution in [1.29, 1.82) is 0 Å². The third kappa shape index (κ3) is 3.40. The number of rotatable bonds is 5. The molecule has 0 aliphatic rings. The van der Waals surface area contributed by atoms with Gasteiger partial charge in [-0.2, -0.15) is 0 Å². The van der Waals surface area contributed by atoms with E-state index < -0.39 is 0 Å². The number of methoxy groups -OCH3 is 1. The van der Waals surface area contributed by atoms with Gasteiger partial charge in [0.15, 0.2) is 0 Å². The van der Waals surface area contributed by atoms with Crippen molar-refractivity contribution in [2.45, 2.75) is 16.7 Å². The van der Waals surface area contributed by atoms with E-state index in [1.54, 1.807) is 18.9 Å². The number of hydrogen-bond acceptors (Lipinski definition) is 4. The van der Waals surface area contributed by atoms with Crippen molar-refractivity contribution in [3.63, 3.8) is 0 Å². The van der Waals surface area contributed by atoms with Gasteiger partial charge in [0.05, 0.1) is 7.11 Å². The maximum absolute atomic E-state index is 5.22. The Morgan fingerprint density at radius 3 is 2.83 bits per heavy atom. The normalized spacial score (nSPS) is 10.1. The first-order valence-corrected chi connectivity index (χ1v) is 6.65. The van der Waals surface area contributed by atoms with Gasteiger partial charge in [0.25, 0.3) is 0 Å². The van der Waals surface area contributed by atoms with Gasteiger partial charge in [-0.15, -0.1) is 0 Å². The molecule has 94 valence electrons. The van der Waals surface area contributed by atoms with Crippen molar-refractivity contribution in [2.75, 3.05) is 19.0 Å². The molecule has 1 aromatic heterocycles. The van der Waals surface area contributed by atoms with Crippen LogP contribution < -0.4 is 10.1 Å². The lowest BCUT2D eigenvalue weighted by atomic mass is 10.3. The fraction of sp³-hybridized carbons (Fsp3) is 0.214. The summed E-state index contributed by atoms with van der Waals surface area (Å²) in [6.07, 6.45) is 1.82. The van der Waals surface area contributed by atoms with E-state index in [4.69, 9.17) is 4.74 Å². The molecule has 0 bridgehead atoms. The van der Waals surface area contributed by atoms with Gasteiger partial charge in [-0.3, -0.25) is 0 Å². The van der Waals surface area contributed by atoms with Crippen LogP contribution in [0.25, 0.3) is 0 Å². The van der Waals surface area contributed by atoms with Crippen LogP contribution >= 0.6 is 11.8 Å². The van der Waals surface area contributed by atoms with E-state index in [0.717, 1.165) is 27.9 Å². The van der Waals surface area contributed by atoms with Gasteiger partial charge in [-0.25, -0.2) is 4.98 Å². The minimum atomic E-state index is 0.875. The molecule has 0 atom stereocenters. The molecule has 0 radical (unpaired) electrons. The summed E-state index contributed by atoms with van der Waals surface area (Å²) < 4.78 is 5.22. The molecule has 3 nitrogen and oxygen atoms in total. The van der Waals surface area contributed by atoms with Gasteiger partial charge in [-0.1, -0.05) is 17.8 Å². The molecule has 0 saturated heterocycles. The summed E-state index contributed by atoms with van der Waals surface area (Å²) >= 11 is 1.70. The van der Waals surface area contributed by atoms with Gasteiger partial charge in [0, 0.05) is 22.5 Å². The second-order valence-corrected chi connectivity index (χ2v) is 4.84. The largest absolute Gasteiger partial charge is 0.497 e. The predicted octanol–water partition coefficient (Wildman–Crippen LogP) is 3.67. The van der Waals surface area contributed by atoms with E-state index >= 15 is 0 Å². The lowest BCUT2D eigenvalue weighted by Gasteiger charge is -2.06. The van der Waals surface area contributed by atoms with Crippen LogP contribution in [0.2, 0.25) is 0 Å². The monoisotopic (exact) mass is 260 g/mol. The summed E-state index contributed by atoms with van der Waals surface area (Å²) in [5.41, 5.74) is 0. The van der Waals surface area contributed by atoms with Crippen LogP contribution in [0.3, 0.4) is 0 Å². The molecule has 1 aromatic carbocycles. The highest BCUT2D eigenvalue weighted by Gasteiger charge is 2.01. The van der Waals surface area contributed by atoms with E-state index in [9.17, 15) is 0 Å². The first kappa shape index (κ1) is 12.8. The molecule has 0 unspecified atom stereocenters. The Labute approximate surface area is 112 Å². The predicted molar refractivity (Wildman–Crippen MR) is 75.5 cm³/mol. The lowest BCUT2D eigenvalue weighted by molar-refractivity contribution is 0.413. The number of benzene rings is 1. The number of aromatic nitrogens is 1. The second-order valence-electron chi connectivity index (χ2n) is 3.69. The second kappa shape index (κ2) is 6.31. The first-order chi connectivity index (χ1) is 8.81. The maximum atomic E-state index is 5.22. The first-order valence-electron chi connectivity index (χ1n) is 5.83. The third-order valence-electron chi connectivity index (χ3n) is 2.37. The van der Waals surface area contributed by atoms with Crippen molar-refractivity contribution >= 4 is 17.6 Å². The van der Waals surface area contributed by atoms with Gasteiger partial charge < -0.3 is 10.1 Å². The number of hydrogen-bond donors (Lipinski definition) is 1. The zero-order valence-corrected chi connectivity index (χ0v) is 11.3. The van der Waals surface area contributed by atoms with E-state index in [1.807, 2.05) is 36.5 Å². The Kier molecular flexibility index (Phi) is 4.47. The molecule has 0 saturated carbocycles. The van der Waals surface area contributed by atoms with Crippen molar-refractivity contribution in [3.8, 4) is 5.75 Å². The fourth-order valence-corrected chi connectivity index (χ4v) is 2.45. The molecular formula is C14H16N2OS. The number of nitrogens with zero attached hydrogens (tertiary/aromatic N) is 1. The standard InChI is InChI=1S/C14H16N2OS/c1-3-15-14-10-13(7-8-16-14)18-12-6-4-5-11(9-12)17-2/h4-10H,3H2,1-2H3,(H,15,16). The highest BCUT2D eigenvalue weighted by Crippen LogP contribution is 2.30. The molecule has 0 aliphatic heterocycles. The summed E-state index contributed by atoms with van der Waals surface area (Å²) in [4.78, 5) is 6.57. The van der Waals surface area contributed by atoms with Crippen LogP contribution in [0.4, 0.5) is 5.82 Å². The Morgan fingerprint density at radius 2 is 2.06 bits per heavy atom. The Morgan fingerprint density at radius 1 is 1.22 bits per heavy atom. The molecule has 1 N–H and O–H groups in total. The van der Waals surface area contributed by atoms with Crippen LogP contribution in [0.15, 0.2) is 52.4 Å². The summed E-state index contributed by atoms with van der Waals surface area (Å²) in [6.45, 7) is 2.93. The molecule has 0 fully saturated rings. The van der Waals surface area contributed by atoms with Crippen molar-refractivity contribution in [2.24, 2.45) is 0 Å². The molecule has 0 spiro atoms. The molecule has 18 heavy (non-hydrogen) atoms. The third-order valence-corrected chi connectivity index (χ3v) is 3.35. The Hall–Kier alpha value is -1.68. The SMILES string of the molecule is CCNc1cc(Sc2cccc(OC)c2)ccn1. The minimum Gasteiger partial charge on any atom is -0.497 e. The summed E-state index contributed by atoms with van der Waals surface area (Å²) in [5.74, 6) is 1.78. The fourth-order valence-electron chi connectivity index (χ4n) is 1.55. The van der Waals surface area contributed by atoms with Crippen LogP contribution in [0.1, 0.15) is 6.92 Å². The van der Waals surface area contributed by atoms with Crippen LogP contribution in [0.5, 0.6) is 5.75 Å². The molecule has 2 rings (SSSR count). The van der Waals surface area contributed by atoms with Crippen molar-refractivity contribution in [1.82, 2.24) is 4.98 Å². The van der Waals surface area contributed by atoms with E-state index in [-0.39, 0.29) is 0 Å². The topological polar surface area (TPSA) is 34.1 Å². The number of pyridine rings is 1. The van der Waals surface area contributed by atoms with Crippen molar-refractivity contribution in [3.05, 3.63) is 42.6 Å². The van der Waals surface area contributed by atoms with E-state index in [2.05, 4.69) is 23.3 Å². The van der Waals surface area contributed by atoms with Gasteiger partial charge in [-0.05, 0) is 37.3 Å². The van der Waals surface area contributed by atoms with Crippen LogP contribution in [0, 0.1) is 0 Å². The average molecular weight is 260 g/mol. The minimum absolute atomic E-state index is 0.875. The van der Waals surface area contributed by atoms with E-state index in [1.165, 1.54) is 0 Å². The Bertz CT molecular complexity index is 517. The lowest BCUT2D eigenvalue weighted by Crippen LogP contribution is -1.98. The van der Waals surface area contributed by atoms with Gasteiger partial charge in [0.2, 0.25) is 0 Å². The zero-order chi connectivity index (χ0) is 12.8. The van der Waals surface area contributed by atoms with Gasteiger partial charge >= 0.3 is 0 Å². The molecular weight excluding hydrogens is 244 g/mol. The van der Waals surface area contributed by atoms with Gasteiger partial charge in [0.1, 0.15) is 11.6 Å². The highest BCUT2D eigenvalue weighted by molar-refractivity contribution is 7.99. The highest BCUT2D eigenvalue weighted by atomic mass is 32.2.